The minimum Gasteiger partial charge on any atom is -0.379 e. The van der Waals surface area contributed by atoms with Gasteiger partial charge in [0.25, 0.3) is 5.91 Å². The van der Waals surface area contributed by atoms with Crippen LogP contribution in [0.5, 0.6) is 0 Å². The maximum absolute atomic E-state index is 12.8. The van der Waals surface area contributed by atoms with Crippen molar-refractivity contribution in [3.05, 3.63) is 64.2 Å². The fourth-order valence-corrected chi connectivity index (χ4v) is 3.44. The van der Waals surface area contributed by atoms with E-state index in [0.717, 1.165) is 44.8 Å². The number of hydrogen-bond donors (Lipinski definition) is 2. The third kappa shape index (κ3) is 6.55. The van der Waals surface area contributed by atoms with Gasteiger partial charge in [-0.25, -0.2) is 0 Å². The Morgan fingerprint density at radius 1 is 1.17 bits per heavy atom. The summed E-state index contributed by atoms with van der Waals surface area (Å²) in [7, 11) is 0. The molecule has 2 aromatic carbocycles. The molecule has 0 radical (unpaired) electrons. The summed E-state index contributed by atoms with van der Waals surface area (Å²) < 4.78 is 5.39. The summed E-state index contributed by atoms with van der Waals surface area (Å²) in [5.74, 6) is 0.178. The molecule has 0 aliphatic carbocycles. The van der Waals surface area contributed by atoms with E-state index in [1.54, 1.807) is 0 Å². The van der Waals surface area contributed by atoms with Crippen molar-refractivity contribution >= 4 is 29.2 Å². The van der Waals surface area contributed by atoms with Crippen molar-refractivity contribution in [2.45, 2.75) is 20.3 Å². The van der Waals surface area contributed by atoms with E-state index in [-0.39, 0.29) is 5.91 Å². The van der Waals surface area contributed by atoms with E-state index >= 15 is 0 Å². The maximum Gasteiger partial charge on any atom is 0.257 e. The number of benzene rings is 2. The number of aryl methyl sites for hydroxylation is 2. The van der Waals surface area contributed by atoms with E-state index in [1.165, 1.54) is 5.56 Å². The molecule has 3 rings (SSSR count). The molecule has 0 bridgehead atoms. The van der Waals surface area contributed by atoms with E-state index in [0.29, 0.717) is 28.8 Å². The molecule has 6 nitrogen and oxygen atoms in total. The predicted molar refractivity (Wildman–Crippen MR) is 123 cm³/mol. The molecule has 0 aromatic heterocycles. The van der Waals surface area contributed by atoms with E-state index in [1.807, 2.05) is 49.4 Å². The Morgan fingerprint density at radius 2 is 1.90 bits per heavy atom. The van der Waals surface area contributed by atoms with Gasteiger partial charge in [-0.15, -0.1) is 0 Å². The molecule has 30 heavy (non-hydrogen) atoms. The number of nitrogens with one attached hydrogen (secondary N) is 2. The Balaban J connectivity index is 1.71. The first-order valence-electron chi connectivity index (χ1n) is 10.3. The van der Waals surface area contributed by atoms with Gasteiger partial charge in [-0.1, -0.05) is 36.7 Å². The topological polar surface area (TPSA) is 66.0 Å². The number of carbonyl (C=O) groups excluding carboxylic acids is 1. The summed E-state index contributed by atoms with van der Waals surface area (Å²) in [6, 6.07) is 13.3. The molecule has 1 fully saturated rings. The fraction of sp³-hybridized carbons (Fsp3) is 0.391. The molecule has 7 heteroatoms. The van der Waals surface area contributed by atoms with Crippen LogP contribution in [0.3, 0.4) is 0 Å². The third-order valence-corrected chi connectivity index (χ3v) is 5.34. The zero-order valence-electron chi connectivity index (χ0n) is 17.6. The Labute approximate surface area is 183 Å². The largest absolute Gasteiger partial charge is 0.379 e. The monoisotopic (exact) mass is 428 g/mol. The van der Waals surface area contributed by atoms with Crippen molar-refractivity contribution < 1.29 is 9.53 Å². The van der Waals surface area contributed by atoms with Gasteiger partial charge in [-0.2, -0.15) is 0 Å². The predicted octanol–water partition coefficient (Wildman–Crippen LogP) is 3.74. The van der Waals surface area contributed by atoms with E-state index in [9.17, 15) is 4.79 Å². The Morgan fingerprint density at radius 3 is 2.57 bits per heavy atom. The zero-order valence-corrected chi connectivity index (χ0v) is 18.3. The summed E-state index contributed by atoms with van der Waals surface area (Å²) >= 11 is 6.36. The van der Waals surface area contributed by atoms with Gasteiger partial charge >= 0.3 is 0 Å². The van der Waals surface area contributed by atoms with Crippen molar-refractivity contribution in [3.63, 3.8) is 0 Å². The average molecular weight is 429 g/mol. The van der Waals surface area contributed by atoms with E-state index in [4.69, 9.17) is 16.3 Å². The summed E-state index contributed by atoms with van der Waals surface area (Å²) in [4.78, 5) is 19.7. The quantitative estimate of drug-likeness (QED) is 0.543. The van der Waals surface area contributed by atoms with Crippen LogP contribution in [0.1, 0.15) is 28.4 Å². The van der Waals surface area contributed by atoms with Gasteiger partial charge in [0.1, 0.15) is 0 Å². The highest BCUT2D eigenvalue weighted by Gasteiger charge is 2.13. The molecule has 1 heterocycles. The van der Waals surface area contributed by atoms with Crippen LogP contribution in [0.4, 0.5) is 5.69 Å². The van der Waals surface area contributed by atoms with Gasteiger partial charge in [-0.3, -0.25) is 20.0 Å². The van der Waals surface area contributed by atoms with Gasteiger partial charge in [0, 0.05) is 25.2 Å². The van der Waals surface area contributed by atoms with Gasteiger partial charge in [0.05, 0.1) is 30.5 Å². The van der Waals surface area contributed by atoms with Crippen molar-refractivity contribution in [1.29, 1.82) is 0 Å². The lowest BCUT2D eigenvalue weighted by Crippen LogP contribution is -2.39. The second-order valence-corrected chi connectivity index (χ2v) is 7.70. The summed E-state index contributed by atoms with van der Waals surface area (Å²) in [5, 5.41) is 6.66. The molecule has 0 saturated carbocycles. The lowest BCUT2D eigenvalue weighted by molar-refractivity contribution is 0.0394. The van der Waals surface area contributed by atoms with Crippen LogP contribution < -0.4 is 10.6 Å². The zero-order chi connectivity index (χ0) is 21.3. The van der Waals surface area contributed by atoms with Gasteiger partial charge in [0.15, 0.2) is 0 Å². The molecule has 0 spiro atoms. The van der Waals surface area contributed by atoms with Crippen LogP contribution in [-0.4, -0.2) is 56.2 Å². The van der Waals surface area contributed by atoms with Crippen LogP contribution >= 0.6 is 11.6 Å². The first kappa shape index (κ1) is 22.3. The number of morpholine rings is 1. The van der Waals surface area contributed by atoms with Crippen LogP contribution in [-0.2, 0) is 11.2 Å². The molecule has 160 valence electrons. The van der Waals surface area contributed by atoms with Crippen molar-refractivity contribution in [3.8, 4) is 0 Å². The summed E-state index contributed by atoms with van der Waals surface area (Å²) in [6.45, 7) is 8.73. The van der Waals surface area contributed by atoms with Crippen LogP contribution in [0.25, 0.3) is 0 Å². The third-order valence-electron chi connectivity index (χ3n) is 5.02. The highest BCUT2D eigenvalue weighted by molar-refractivity contribution is 6.34. The lowest BCUT2D eigenvalue weighted by atomic mass is 10.1. The second-order valence-electron chi connectivity index (χ2n) is 7.30. The minimum absolute atomic E-state index is 0.210. The Hall–Kier alpha value is -2.41. The highest BCUT2D eigenvalue weighted by atomic mass is 35.5. The normalized spacial score (nSPS) is 15.1. The molecule has 2 N–H and O–H groups in total. The number of carbonyl (C=O) groups is 1. The molecular weight excluding hydrogens is 400 g/mol. The maximum atomic E-state index is 12.8. The second kappa shape index (κ2) is 11.1. The molecule has 1 aliphatic heterocycles. The Bertz CT molecular complexity index is 877. The number of anilines is 1. The van der Waals surface area contributed by atoms with Crippen LogP contribution in [0, 0.1) is 6.92 Å². The first-order chi connectivity index (χ1) is 14.5. The number of halogens is 1. The Kier molecular flexibility index (Phi) is 8.25. The number of guanidine groups is 1. The number of amides is 1. The number of aliphatic imine (C=N–C) groups is 1. The molecule has 1 amide bonds. The van der Waals surface area contributed by atoms with E-state index < -0.39 is 0 Å². The molecule has 0 unspecified atom stereocenters. The average Bonchev–Trinajstić information content (AvgIpc) is 2.76. The van der Waals surface area contributed by atoms with Crippen molar-refractivity contribution in [2.24, 2.45) is 4.99 Å². The highest BCUT2D eigenvalue weighted by Crippen LogP contribution is 2.22. The summed E-state index contributed by atoms with van der Waals surface area (Å²) in [6.07, 6.45) is 0.934. The number of rotatable bonds is 6. The molecular formula is C23H29ClN4O2. The standard InChI is InChI=1S/C23H29ClN4O2/c1-3-18-5-7-19(8-6-18)22(29)27-23(25-10-11-28-12-14-30-15-13-28)26-21-9-4-17(2)16-20(21)24/h4-9,16H,3,10-15H2,1-2H3,(H2,25,26,27,29). The molecule has 0 atom stereocenters. The molecule has 1 saturated heterocycles. The van der Waals surface area contributed by atoms with E-state index in [2.05, 4.69) is 27.4 Å². The van der Waals surface area contributed by atoms with Crippen LogP contribution in [0.2, 0.25) is 5.02 Å². The number of nitrogens with zero attached hydrogens (tertiary/aromatic N) is 2. The van der Waals surface area contributed by atoms with Crippen LogP contribution in [0.15, 0.2) is 47.5 Å². The molecule has 2 aromatic rings. The van der Waals surface area contributed by atoms with Gasteiger partial charge in [-0.05, 0) is 48.7 Å². The van der Waals surface area contributed by atoms with Crippen molar-refractivity contribution in [2.75, 3.05) is 44.7 Å². The number of hydrogen-bond acceptors (Lipinski definition) is 4. The smallest absolute Gasteiger partial charge is 0.257 e. The molecule has 1 aliphatic rings. The van der Waals surface area contributed by atoms with Gasteiger partial charge < -0.3 is 10.1 Å². The summed E-state index contributed by atoms with van der Waals surface area (Å²) in [5.41, 5.74) is 3.55. The first-order valence-corrected chi connectivity index (χ1v) is 10.7. The number of ether oxygens (including phenoxy) is 1. The minimum atomic E-state index is -0.210. The SMILES string of the molecule is CCc1ccc(C(=O)NC(=NCCN2CCOCC2)Nc2ccc(C)cc2Cl)cc1. The van der Waals surface area contributed by atoms with Crippen molar-refractivity contribution in [1.82, 2.24) is 10.2 Å². The van der Waals surface area contributed by atoms with Gasteiger partial charge in [0.2, 0.25) is 5.96 Å². The fourth-order valence-electron chi connectivity index (χ4n) is 3.16. The lowest BCUT2D eigenvalue weighted by Gasteiger charge is -2.25.